The summed E-state index contributed by atoms with van der Waals surface area (Å²) < 4.78 is 0. The number of hydrogen-bond acceptors (Lipinski definition) is 3. The molecule has 0 spiro atoms. The van der Waals surface area contributed by atoms with Gasteiger partial charge in [0.25, 0.3) is 0 Å². The lowest BCUT2D eigenvalue weighted by molar-refractivity contribution is 0.269. The average Bonchev–Trinajstić information content (AvgIpc) is 2.36. The van der Waals surface area contributed by atoms with Gasteiger partial charge in [0.1, 0.15) is 5.84 Å². The normalized spacial score (nSPS) is 13.3. The molecule has 4 heteroatoms. The Morgan fingerprint density at radius 3 is 2.28 bits per heavy atom. The third-order valence-corrected chi connectivity index (χ3v) is 3.60. The van der Waals surface area contributed by atoms with Gasteiger partial charge < -0.3 is 15.8 Å². The highest BCUT2D eigenvalue weighted by Gasteiger charge is 2.22. The molecule has 0 saturated carbocycles. The third-order valence-electron chi connectivity index (χ3n) is 3.60. The topological polar surface area (TPSA) is 61.8 Å². The van der Waals surface area contributed by atoms with Crippen molar-refractivity contribution in [3.05, 3.63) is 0 Å². The third kappa shape index (κ3) is 6.84. The molecule has 0 aliphatic rings. The Morgan fingerprint density at radius 2 is 1.78 bits per heavy atom. The summed E-state index contributed by atoms with van der Waals surface area (Å²) >= 11 is 0. The van der Waals surface area contributed by atoms with E-state index in [1.807, 2.05) is 13.8 Å². The fraction of sp³-hybridized carbons (Fsp3) is 0.929. The van der Waals surface area contributed by atoms with Crippen LogP contribution in [0.4, 0.5) is 0 Å². The summed E-state index contributed by atoms with van der Waals surface area (Å²) in [5.41, 5.74) is 5.48. The van der Waals surface area contributed by atoms with Crippen molar-refractivity contribution < 1.29 is 5.21 Å². The second-order valence-corrected chi connectivity index (χ2v) is 5.61. The summed E-state index contributed by atoms with van der Waals surface area (Å²) in [5, 5.41) is 11.8. The van der Waals surface area contributed by atoms with Gasteiger partial charge in [0.2, 0.25) is 0 Å². The van der Waals surface area contributed by atoms with Crippen molar-refractivity contribution in [1.29, 1.82) is 0 Å². The van der Waals surface area contributed by atoms with E-state index in [9.17, 15) is 0 Å². The van der Waals surface area contributed by atoms with E-state index >= 15 is 0 Å². The van der Waals surface area contributed by atoms with Crippen molar-refractivity contribution in [1.82, 2.24) is 4.90 Å². The molecule has 0 aliphatic carbocycles. The molecular formula is C14H31N3O. The largest absolute Gasteiger partial charge is 0.409 e. The van der Waals surface area contributed by atoms with E-state index in [2.05, 4.69) is 23.9 Å². The summed E-state index contributed by atoms with van der Waals surface area (Å²) in [6.07, 6.45) is 5.80. The number of oxime groups is 1. The maximum atomic E-state index is 8.71. The van der Waals surface area contributed by atoms with Gasteiger partial charge in [-0.3, -0.25) is 0 Å². The number of nitrogens with two attached hydrogens (primary N) is 1. The first-order valence-electron chi connectivity index (χ1n) is 7.18. The molecule has 0 fully saturated rings. The molecule has 0 aromatic rings. The maximum absolute atomic E-state index is 8.71. The van der Waals surface area contributed by atoms with Crippen LogP contribution >= 0.6 is 0 Å². The number of rotatable bonds is 10. The van der Waals surface area contributed by atoms with Crippen LogP contribution in [0.15, 0.2) is 5.16 Å². The smallest absolute Gasteiger partial charge is 0.144 e. The Balaban J connectivity index is 3.84. The van der Waals surface area contributed by atoms with Gasteiger partial charge in [0.05, 0.1) is 0 Å². The predicted octanol–water partition coefficient (Wildman–Crippen LogP) is 3.05. The predicted molar refractivity (Wildman–Crippen MR) is 78.1 cm³/mol. The Kier molecular flexibility index (Phi) is 8.81. The Labute approximate surface area is 112 Å². The fourth-order valence-corrected chi connectivity index (χ4v) is 1.98. The molecule has 18 heavy (non-hydrogen) atoms. The summed E-state index contributed by atoms with van der Waals surface area (Å²) in [5.74, 6) is 0.334. The first-order chi connectivity index (χ1) is 8.47. The lowest BCUT2D eigenvalue weighted by atomic mass is 9.86. The summed E-state index contributed by atoms with van der Waals surface area (Å²) in [6, 6.07) is 0. The maximum Gasteiger partial charge on any atom is 0.144 e. The van der Waals surface area contributed by atoms with Crippen molar-refractivity contribution in [2.24, 2.45) is 16.3 Å². The molecule has 0 saturated heterocycles. The minimum Gasteiger partial charge on any atom is -0.409 e. The molecule has 0 aromatic heterocycles. The van der Waals surface area contributed by atoms with Gasteiger partial charge in [-0.05, 0) is 38.9 Å². The minimum absolute atomic E-state index is 0.199. The highest BCUT2D eigenvalue weighted by Crippen LogP contribution is 2.23. The lowest BCUT2D eigenvalue weighted by Crippen LogP contribution is -2.32. The van der Waals surface area contributed by atoms with E-state index < -0.39 is 0 Å². The van der Waals surface area contributed by atoms with Crippen LogP contribution in [-0.2, 0) is 0 Å². The number of hydrogen-bond donors (Lipinski definition) is 2. The Morgan fingerprint density at radius 1 is 1.17 bits per heavy atom. The average molecular weight is 257 g/mol. The first-order valence-corrected chi connectivity index (χ1v) is 7.18. The van der Waals surface area contributed by atoms with Crippen molar-refractivity contribution in [2.45, 2.75) is 59.8 Å². The van der Waals surface area contributed by atoms with Gasteiger partial charge in [-0.1, -0.05) is 45.7 Å². The zero-order valence-corrected chi connectivity index (χ0v) is 12.6. The SMILES string of the molecule is CCCCN(CC)CCCCC(C)(C)C(N)=NO. The van der Waals surface area contributed by atoms with E-state index in [1.165, 1.54) is 25.8 Å². The molecule has 0 aromatic carbocycles. The molecule has 0 rings (SSSR count). The molecule has 4 nitrogen and oxygen atoms in total. The summed E-state index contributed by atoms with van der Waals surface area (Å²) in [4.78, 5) is 2.50. The highest BCUT2D eigenvalue weighted by molar-refractivity contribution is 5.85. The van der Waals surface area contributed by atoms with Gasteiger partial charge in [0, 0.05) is 5.41 Å². The van der Waals surface area contributed by atoms with Crippen molar-refractivity contribution in [2.75, 3.05) is 19.6 Å². The van der Waals surface area contributed by atoms with Crippen LogP contribution < -0.4 is 5.73 Å². The summed E-state index contributed by atoms with van der Waals surface area (Å²) in [6.45, 7) is 12.0. The van der Waals surface area contributed by atoms with Crippen molar-refractivity contribution >= 4 is 5.84 Å². The molecule has 0 atom stereocenters. The number of unbranched alkanes of at least 4 members (excludes halogenated alkanes) is 2. The standard InChI is InChI=1S/C14H31N3O/c1-5-7-11-17(6-2)12-9-8-10-14(3,4)13(15)16-18/h18H,5-12H2,1-4H3,(H2,15,16). The molecule has 0 amide bonds. The molecule has 0 heterocycles. The molecule has 0 bridgehead atoms. The van der Waals surface area contributed by atoms with Crippen LogP contribution in [-0.4, -0.2) is 35.6 Å². The minimum atomic E-state index is -0.199. The first kappa shape index (κ1) is 17.2. The van der Waals surface area contributed by atoms with E-state index in [-0.39, 0.29) is 5.41 Å². The number of amidine groups is 1. The molecular weight excluding hydrogens is 226 g/mol. The highest BCUT2D eigenvalue weighted by atomic mass is 16.4. The van der Waals surface area contributed by atoms with Crippen LogP contribution in [0.3, 0.4) is 0 Å². The molecule has 3 N–H and O–H groups in total. The summed E-state index contributed by atoms with van der Waals surface area (Å²) in [7, 11) is 0. The van der Waals surface area contributed by atoms with Gasteiger partial charge in [-0.25, -0.2) is 0 Å². The van der Waals surface area contributed by atoms with Gasteiger partial charge >= 0.3 is 0 Å². The molecule has 0 aliphatic heterocycles. The van der Waals surface area contributed by atoms with Gasteiger partial charge in [0.15, 0.2) is 0 Å². The van der Waals surface area contributed by atoms with Crippen molar-refractivity contribution in [3.63, 3.8) is 0 Å². The van der Waals surface area contributed by atoms with Gasteiger partial charge in [-0.15, -0.1) is 0 Å². The lowest BCUT2D eigenvalue weighted by Gasteiger charge is -2.24. The van der Waals surface area contributed by atoms with E-state index in [0.29, 0.717) is 5.84 Å². The quantitative estimate of drug-likeness (QED) is 0.208. The zero-order valence-electron chi connectivity index (χ0n) is 12.6. The second kappa shape index (κ2) is 9.20. The molecule has 0 unspecified atom stereocenters. The van der Waals surface area contributed by atoms with Crippen LogP contribution in [0, 0.1) is 5.41 Å². The number of nitrogens with zero attached hydrogens (tertiary/aromatic N) is 2. The van der Waals surface area contributed by atoms with E-state index in [1.54, 1.807) is 0 Å². The zero-order chi connectivity index (χ0) is 14.0. The van der Waals surface area contributed by atoms with E-state index in [0.717, 1.165) is 25.9 Å². The van der Waals surface area contributed by atoms with Crippen LogP contribution in [0.25, 0.3) is 0 Å². The Bertz CT molecular complexity index is 239. The molecule has 108 valence electrons. The van der Waals surface area contributed by atoms with Crippen LogP contribution in [0.5, 0.6) is 0 Å². The van der Waals surface area contributed by atoms with Crippen LogP contribution in [0.1, 0.15) is 59.8 Å². The monoisotopic (exact) mass is 257 g/mol. The fourth-order valence-electron chi connectivity index (χ4n) is 1.98. The van der Waals surface area contributed by atoms with Gasteiger partial charge in [-0.2, -0.15) is 0 Å². The van der Waals surface area contributed by atoms with Crippen LogP contribution in [0.2, 0.25) is 0 Å². The molecule has 0 radical (unpaired) electrons. The second-order valence-electron chi connectivity index (χ2n) is 5.61. The van der Waals surface area contributed by atoms with E-state index in [4.69, 9.17) is 10.9 Å². The Hall–Kier alpha value is -0.770. The van der Waals surface area contributed by atoms with Crippen molar-refractivity contribution in [3.8, 4) is 0 Å².